The van der Waals surface area contributed by atoms with Gasteiger partial charge in [-0.3, -0.25) is 14.7 Å². The van der Waals surface area contributed by atoms with E-state index in [2.05, 4.69) is 26.9 Å². The molecule has 1 aliphatic carbocycles. The average Bonchev–Trinajstić information content (AvgIpc) is 2.77. The molecule has 0 N–H and O–H groups in total. The summed E-state index contributed by atoms with van der Waals surface area (Å²) in [7, 11) is 0. The number of carbonyl (C=O) groups excluding carboxylic acids is 1. The lowest BCUT2D eigenvalue weighted by Crippen LogP contribution is -2.44. The van der Waals surface area contributed by atoms with Gasteiger partial charge < -0.3 is 9.64 Å². The van der Waals surface area contributed by atoms with Crippen molar-refractivity contribution in [3.05, 3.63) is 54.2 Å². The van der Waals surface area contributed by atoms with Crippen molar-refractivity contribution < 1.29 is 9.53 Å². The number of fused-ring (bicyclic) bond motifs is 1. The number of allylic oxidation sites excluding steroid dienone is 2. The quantitative estimate of drug-likeness (QED) is 0.722. The molecule has 4 rings (SSSR count). The zero-order valence-electron chi connectivity index (χ0n) is 16.4. The van der Waals surface area contributed by atoms with Crippen molar-refractivity contribution in [2.24, 2.45) is 5.92 Å². The van der Waals surface area contributed by atoms with Crippen LogP contribution in [0, 0.1) is 5.92 Å². The molecule has 1 fully saturated rings. The van der Waals surface area contributed by atoms with E-state index in [-0.39, 0.29) is 5.91 Å². The molecule has 0 radical (unpaired) electrons. The number of para-hydroxylation sites is 1. The van der Waals surface area contributed by atoms with E-state index in [1.54, 1.807) is 6.20 Å². The standard InChI is InChI=1S/C23H29N3O2/c27-23(21-10-4-8-20-9-5-11-24-22(20)21)26(18-19-6-2-1-3-7-19)13-12-25-14-16-28-17-15-25/h1-2,4-5,8-11,19H,3,6-7,12-18H2/t19-/m1/s1. The SMILES string of the molecule is O=C(c1cccc2cccnc12)N(CCN1CCOCC1)C[C@@H]1CC=CCC1. The van der Waals surface area contributed by atoms with Gasteiger partial charge in [-0.15, -0.1) is 0 Å². The Morgan fingerprint density at radius 3 is 2.86 bits per heavy atom. The maximum absolute atomic E-state index is 13.5. The minimum Gasteiger partial charge on any atom is -0.379 e. The Balaban J connectivity index is 1.53. The molecular weight excluding hydrogens is 350 g/mol. The molecule has 1 amide bonds. The summed E-state index contributed by atoms with van der Waals surface area (Å²) >= 11 is 0. The number of aromatic nitrogens is 1. The van der Waals surface area contributed by atoms with Crippen LogP contribution in [-0.4, -0.2) is 66.6 Å². The van der Waals surface area contributed by atoms with Gasteiger partial charge in [0, 0.05) is 44.3 Å². The lowest BCUT2D eigenvalue weighted by atomic mass is 9.93. The highest BCUT2D eigenvalue weighted by Gasteiger charge is 2.23. The Kier molecular flexibility index (Phi) is 6.34. The Hall–Kier alpha value is -2.24. The third-order valence-electron chi connectivity index (χ3n) is 5.80. The number of pyridine rings is 1. The van der Waals surface area contributed by atoms with Crippen LogP contribution in [0.2, 0.25) is 0 Å². The minimum atomic E-state index is 0.104. The molecule has 1 aromatic carbocycles. The summed E-state index contributed by atoms with van der Waals surface area (Å²) in [6.07, 6.45) is 9.62. The van der Waals surface area contributed by atoms with Gasteiger partial charge in [0.15, 0.2) is 0 Å². The number of benzene rings is 1. The van der Waals surface area contributed by atoms with E-state index in [0.29, 0.717) is 11.5 Å². The molecule has 148 valence electrons. The second-order valence-electron chi connectivity index (χ2n) is 7.74. The number of hydrogen-bond donors (Lipinski definition) is 0. The normalized spacial score (nSPS) is 20.4. The first-order valence-corrected chi connectivity index (χ1v) is 10.4. The van der Waals surface area contributed by atoms with Crippen molar-refractivity contribution in [3.63, 3.8) is 0 Å². The molecule has 0 spiro atoms. The third-order valence-corrected chi connectivity index (χ3v) is 5.80. The summed E-state index contributed by atoms with van der Waals surface area (Å²) in [5, 5.41) is 1.02. The van der Waals surface area contributed by atoms with Crippen molar-refractivity contribution in [1.82, 2.24) is 14.8 Å². The van der Waals surface area contributed by atoms with Gasteiger partial charge >= 0.3 is 0 Å². The second-order valence-corrected chi connectivity index (χ2v) is 7.74. The van der Waals surface area contributed by atoms with E-state index < -0.39 is 0 Å². The Morgan fingerprint density at radius 2 is 2.04 bits per heavy atom. The fourth-order valence-corrected chi connectivity index (χ4v) is 4.14. The number of hydrogen-bond acceptors (Lipinski definition) is 4. The van der Waals surface area contributed by atoms with Gasteiger partial charge in [-0.25, -0.2) is 0 Å². The van der Waals surface area contributed by atoms with Crippen molar-refractivity contribution in [2.75, 3.05) is 45.9 Å². The molecule has 5 heteroatoms. The molecule has 5 nitrogen and oxygen atoms in total. The molecule has 1 saturated heterocycles. The van der Waals surface area contributed by atoms with Gasteiger partial charge in [-0.2, -0.15) is 0 Å². The smallest absolute Gasteiger partial charge is 0.256 e. The van der Waals surface area contributed by atoms with Crippen LogP contribution in [0.4, 0.5) is 0 Å². The van der Waals surface area contributed by atoms with Gasteiger partial charge in [-0.1, -0.05) is 30.4 Å². The predicted molar refractivity (Wildman–Crippen MR) is 111 cm³/mol. The van der Waals surface area contributed by atoms with Crippen LogP contribution in [0.15, 0.2) is 48.7 Å². The van der Waals surface area contributed by atoms with E-state index in [4.69, 9.17) is 4.74 Å². The third kappa shape index (κ3) is 4.59. The fourth-order valence-electron chi connectivity index (χ4n) is 4.14. The highest BCUT2D eigenvalue weighted by atomic mass is 16.5. The number of amides is 1. The molecule has 0 bridgehead atoms. The van der Waals surface area contributed by atoms with Crippen LogP contribution in [0.5, 0.6) is 0 Å². The summed E-state index contributed by atoms with van der Waals surface area (Å²) < 4.78 is 5.45. The van der Waals surface area contributed by atoms with Gasteiger partial charge in [0.2, 0.25) is 0 Å². The summed E-state index contributed by atoms with van der Waals surface area (Å²) in [6, 6.07) is 9.83. The highest BCUT2D eigenvalue weighted by molar-refractivity contribution is 6.05. The molecule has 1 aliphatic heterocycles. The molecule has 28 heavy (non-hydrogen) atoms. The molecular formula is C23H29N3O2. The van der Waals surface area contributed by atoms with Crippen LogP contribution >= 0.6 is 0 Å². The molecule has 1 atom stereocenters. The fraction of sp³-hybridized carbons (Fsp3) is 0.478. The molecule has 0 unspecified atom stereocenters. The van der Waals surface area contributed by atoms with Crippen LogP contribution in [0.25, 0.3) is 10.9 Å². The first-order valence-electron chi connectivity index (χ1n) is 10.4. The number of ether oxygens (including phenoxy) is 1. The van der Waals surface area contributed by atoms with Crippen LogP contribution in [0.1, 0.15) is 29.6 Å². The van der Waals surface area contributed by atoms with Crippen molar-refractivity contribution in [2.45, 2.75) is 19.3 Å². The first kappa shape index (κ1) is 19.1. The summed E-state index contributed by atoms with van der Waals surface area (Å²) in [5.74, 6) is 0.647. The van der Waals surface area contributed by atoms with Gasteiger partial charge in [0.1, 0.15) is 0 Å². The highest BCUT2D eigenvalue weighted by Crippen LogP contribution is 2.22. The van der Waals surface area contributed by atoms with Crippen LogP contribution < -0.4 is 0 Å². The molecule has 0 saturated carbocycles. The van der Waals surface area contributed by atoms with E-state index >= 15 is 0 Å². The van der Waals surface area contributed by atoms with E-state index in [9.17, 15) is 4.79 Å². The van der Waals surface area contributed by atoms with E-state index in [1.807, 2.05) is 30.3 Å². The van der Waals surface area contributed by atoms with Gasteiger partial charge in [0.05, 0.1) is 24.3 Å². The molecule has 1 aromatic heterocycles. The maximum atomic E-state index is 13.5. The average molecular weight is 380 g/mol. The molecule has 2 heterocycles. The Morgan fingerprint density at radius 1 is 1.18 bits per heavy atom. The monoisotopic (exact) mass is 379 g/mol. The number of morpholine rings is 1. The number of nitrogens with zero attached hydrogens (tertiary/aromatic N) is 3. The van der Waals surface area contributed by atoms with Gasteiger partial charge in [0.25, 0.3) is 5.91 Å². The Labute approximate surface area is 167 Å². The lowest BCUT2D eigenvalue weighted by molar-refractivity contribution is 0.0315. The van der Waals surface area contributed by atoms with E-state index in [1.165, 1.54) is 0 Å². The van der Waals surface area contributed by atoms with Crippen molar-refractivity contribution in [3.8, 4) is 0 Å². The van der Waals surface area contributed by atoms with Crippen molar-refractivity contribution in [1.29, 1.82) is 0 Å². The first-order chi connectivity index (χ1) is 13.8. The molecule has 2 aliphatic rings. The Bertz CT molecular complexity index is 824. The van der Waals surface area contributed by atoms with Gasteiger partial charge in [-0.05, 0) is 37.3 Å². The topological polar surface area (TPSA) is 45.7 Å². The summed E-state index contributed by atoms with van der Waals surface area (Å²) in [4.78, 5) is 22.5. The molecule has 2 aromatic rings. The zero-order valence-corrected chi connectivity index (χ0v) is 16.4. The van der Waals surface area contributed by atoms with Crippen molar-refractivity contribution >= 4 is 16.8 Å². The number of carbonyl (C=O) groups is 1. The maximum Gasteiger partial charge on any atom is 0.256 e. The second kappa shape index (κ2) is 9.30. The summed E-state index contributed by atoms with van der Waals surface area (Å²) in [6.45, 7) is 5.94. The lowest BCUT2D eigenvalue weighted by Gasteiger charge is -2.32. The minimum absolute atomic E-state index is 0.104. The van der Waals surface area contributed by atoms with Crippen LogP contribution in [-0.2, 0) is 4.74 Å². The van der Waals surface area contributed by atoms with E-state index in [0.717, 1.165) is 76.1 Å². The zero-order chi connectivity index (χ0) is 19.2. The number of rotatable bonds is 6. The summed E-state index contributed by atoms with van der Waals surface area (Å²) in [5.41, 5.74) is 1.52. The predicted octanol–water partition coefficient (Wildman–Crippen LogP) is 3.37. The van der Waals surface area contributed by atoms with Crippen LogP contribution in [0.3, 0.4) is 0 Å². The largest absolute Gasteiger partial charge is 0.379 e.